The second kappa shape index (κ2) is 9.75. The summed E-state index contributed by atoms with van der Waals surface area (Å²) in [7, 11) is 2.15. The molecule has 7 rings (SSSR count). The fourth-order valence-corrected chi connectivity index (χ4v) is 6.41. The number of nitriles is 1. The van der Waals surface area contributed by atoms with E-state index in [0.717, 1.165) is 91.6 Å². The molecule has 0 radical (unpaired) electrons. The van der Waals surface area contributed by atoms with E-state index in [0.29, 0.717) is 5.56 Å². The summed E-state index contributed by atoms with van der Waals surface area (Å²) in [6, 6.07) is 17.2. The quantitative estimate of drug-likeness (QED) is 0.356. The van der Waals surface area contributed by atoms with Crippen LogP contribution in [0.5, 0.6) is 0 Å². The molecule has 206 valence electrons. The second-order valence-electron chi connectivity index (χ2n) is 11.6. The number of likely N-dealkylation sites (tertiary alicyclic amines) is 1. The monoisotopic (exact) mass is 544 g/mol. The van der Waals surface area contributed by atoms with E-state index in [1.54, 1.807) is 10.7 Å². The topological polar surface area (TPSA) is 84.0 Å². The molecule has 3 fully saturated rings. The number of piperazine rings is 1. The van der Waals surface area contributed by atoms with Crippen molar-refractivity contribution in [3.63, 3.8) is 0 Å². The first-order valence-corrected chi connectivity index (χ1v) is 14.0. The highest BCUT2D eigenvalue weighted by Crippen LogP contribution is 2.42. The van der Waals surface area contributed by atoms with Crippen LogP contribution < -0.4 is 9.80 Å². The van der Waals surface area contributed by atoms with Crippen molar-refractivity contribution in [3.8, 4) is 28.3 Å². The van der Waals surface area contributed by atoms with Crippen LogP contribution in [0.1, 0.15) is 5.56 Å². The molecule has 6 heterocycles. The molecular weight excluding hydrogens is 512 g/mol. The van der Waals surface area contributed by atoms with E-state index in [1.807, 2.05) is 17.3 Å². The van der Waals surface area contributed by atoms with E-state index in [-0.39, 0.29) is 11.3 Å². The third kappa shape index (κ3) is 4.41. The van der Waals surface area contributed by atoms with E-state index in [2.05, 4.69) is 82.0 Å². The van der Waals surface area contributed by atoms with Gasteiger partial charge in [-0.15, -0.1) is 0 Å². The molecule has 4 aromatic rings. The highest BCUT2D eigenvalue weighted by atomic mass is 16.2. The van der Waals surface area contributed by atoms with Crippen LogP contribution in [0.25, 0.3) is 27.8 Å². The predicted molar refractivity (Wildman–Crippen MR) is 160 cm³/mol. The smallest absolute Gasteiger partial charge is 0.245 e. The number of pyridine rings is 2. The maximum Gasteiger partial charge on any atom is 0.245 e. The molecule has 0 atom stereocenters. The van der Waals surface area contributed by atoms with Crippen LogP contribution in [0.3, 0.4) is 0 Å². The van der Waals surface area contributed by atoms with Crippen molar-refractivity contribution in [2.45, 2.75) is 0 Å². The average molecular weight is 545 g/mol. The van der Waals surface area contributed by atoms with Gasteiger partial charge in [0.2, 0.25) is 5.91 Å². The highest BCUT2D eigenvalue weighted by Gasteiger charge is 2.52. The van der Waals surface area contributed by atoms with Gasteiger partial charge < -0.3 is 19.6 Å². The minimum Gasteiger partial charge on any atom is -0.370 e. The summed E-state index contributed by atoms with van der Waals surface area (Å²) in [5.74, 6) is 1.02. The number of fused-ring (bicyclic) bond motifs is 1. The number of rotatable bonds is 5. The van der Waals surface area contributed by atoms with E-state index in [4.69, 9.17) is 4.98 Å². The molecule has 0 unspecified atom stereocenters. The van der Waals surface area contributed by atoms with Crippen LogP contribution in [-0.2, 0) is 4.79 Å². The van der Waals surface area contributed by atoms with E-state index in [9.17, 15) is 10.1 Å². The number of carbonyl (C=O) groups excluding carboxylic acids is 1. The van der Waals surface area contributed by atoms with Crippen LogP contribution in [0.15, 0.2) is 73.7 Å². The third-order valence-electron chi connectivity index (χ3n) is 8.78. The summed E-state index contributed by atoms with van der Waals surface area (Å²) in [5.41, 5.74) is 6.72. The average Bonchev–Trinajstić information content (AvgIpc) is 3.39. The number of nitrogens with zero attached hydrogens (tertiary/aromatic N) is 8. The highest BCUT2D eigenvalue weighted by molar-refractivity contribution is 5.89. The number of aromatic nitrogens is 3. The Morgan fingerprint density at radius 1 is 0.951 bits per heavy atom. The molecule has 9 heteroatoms. The zero-order valence-electron chi connectivity index (χ0n) is 23.2. The Labute approximate surface area is 239 Å². The van der Waals surface area contributed by atoms with E-state index in [1.165, 1.54) is 6.08 Å². The zero-order chi connectivity index (χ0) is 28.1. The van der Waals surface area contributed by atoms with Crippen molar-refractivity contribution in [3.05, 3.63) is 79.3 Å². The number of hydrogen-bond donors (Lipinski definition) is 0. The number of hydrogen-bond acceptors (Lipinski definition) is 7. The largest absolute Gasteiger partial charge is 0.370 e. The summed E-state index contributed by atoms with van der Waals surface area (Å²) in [4.78, 5) is 25.5. The number of anilines is 2. The lowest BCUT2D eigenvalue weighted by atomic mass is 9.72. The van der Waals surface area contributed by atoms with Crippen molar-refractivity contribution < 1.29 is 4.79 Å². The maximum atomic E-state index is 11.8. The second-order valence-corrected chi connectivity index (χ2v) is 11.6. The molecule has 3 saturated heterocycles. The van der Waals surface area contributed by atoms with Gasteiger partial charge in [0.15, 0.2) is 0 Å². The maximum absolute atomic E-state index is 11.8. The first-order chi connectivity index (χ1) is 19.9. The third-order valence-corrected chi connectivity index (χ3v) is 8.78. The Kier molecular flexibility index (Phi) is 6.02. The van der Waals surface area contributed by atoms with E-state index < -0.39 is 0 Å². The number of likely N-dealkylation sites (N-methyl/N-ethyl adjacent to an activating group) is 1. The molecule has 3 aliphatic heterocycles. The molecule has 0 aliphatic carbocycles. The van der Waals surface area contributed by atoms with Gasteiger partial charge in [0.05, 0.1) is 17.3 Å². The lowest BCUT2D eigenvalue weighted by molar-refractivity contribution is -0.139. The molecule has 0 N–H and O–H groups in total. The van der Waals surface area contributed by atoms with Gasteiger partial charge in [-0.3, -0.25) is 4.79 Å². The van der Waals surface area contributed by atoms with Gasteiger partial charge in [-0.2, -0.15) is 10.4 Å². The van der Waals surface area contributed by atoms with Crippen LogP contribution in [-0.4, -0.2) is 89.7 Å². The SMILES string of the molecule is C=CC(=O)N1CC2(C1)CN(c1ccc(-c3cc(-c4ccc(N5CCN(C)CC5)nc4)cn4ncc(C#N)c34)cc1)C2. The van der Waals surface area contributed by atoms with Crippen molar-refractivity contribution >= 4 is 22.9 Å². The molecule has 0 bridgehead atoms. The van der Waals surface area contributed by atoms with Gasteiger partial charge in [0, 0.05) is 92.5 Å². The molecule has 3 aliphatic rings. The van der Waals surface area contributed by atoms with Crippen molar-refractivity contribution in [1.82, 2.24) is 24.4 Å². The molecule has 41 heavy (non-hydrogen) atoms. The molecular formula is C32H32N8O. The van der Waals surface area contributed by atoms with Gasteiger partial charge in [-0.05, 0) is 49.0 Å². The number of benzene rings is 1. The molecule has 9 nitrogen and oxygen atoms in total. The van der Waals surface area contributed by atoms with Crippen LogP contribution >= 0.6 is 0 Å². The van der Waals surface area contributed by atoms with Crippen LogP contribution in [0, 0.1) is 16.7 Å². The van der Waals surface area contributed by atoms with Gasteiger partial charge in [-0.25, -0.2) is 9.50 Å². The Hall–Kier alpha value is -4.68. The molecule has 1 spiro atoms. The first kappa shape index (κ1) is 25.3. The summed E-state index contributed by atoms with van der Waals surface area (Å²) in [5, 5.41) is 14.3. The first-order valence-electron chi connectivity index (χ1n) is 14.0. The fraction of sp³-hybridized carbons (Fsp3) is 0.312. The Balaban J connectivity index is 1.14. The zero-order valence-corrected chi connectivity index (χ0v) is 23.2. The fourth-order valence-electron chi connectivity index (χ4n) is 6.41. The van der Waals surface area contributed by atoms with Crippen molar-refractivity contribution in [2.24, 2.45) is 5.41 Å². The minimum atomic E-state index is 0.0188. The lowest BCUT2D eigenvalue weighted by Crippen LogP contribution is -2.73. The van der Waals surface area contributed by atoms with Gasteiger partial charge in [0.1, 0.15) is 11.9 Å². The van der Waals surface area contributed by atoms with Gasteiger partial charge >= 0.3 is 0 Å². The van der Waals surface area contributed by atoms with E-state index >= 15 is 0 Å². The van der Waals surface area contributed by atoms with Gasteiger partial charge in [-0.1, -0.05) is 18.7 Å². The molecule has 0 saturated carbocycles. The predicted octanol–water partition coefficient (Wildman–Crippen LogP) is 3.52. The molecule has 3 aromatic heterocycles. The Morgan fingerprint density at radius 2 is 1.68 bits per heavy atom. The van der Waals surface area contributed by atoms with Crippen molar-refractivity contribution in [2.75, 3.05) is 69.2 Å². The number of amides is 1. The van der Waals surface area contributed by atoms with Crippen molar-refractivity contribution in [1.29, 1.82) is 5.26 Å². The van der Waals surface area contributed by atoms with Gasteiger partial charge in [0.25, 0.3) is 0 Å². The molecule has 1 amide bonds. The summed E-state index contributed by atoms with van der Waals surface area (Å²) in [6.45, 7) is 11.1. The molecule has 1 aromatic carbocycles. The summed E-state index contributed by atoms with van der Waals surface area (Å²) in [6.07, 6.45) is 6.93. The van der Waals surface area contributed by atoms with Crippen LogP contribution in [0.2, 0.25) is 0 Å². The summed E-state index contributed by atoms with van der Waals surface area (Å²) < 4.78 is 1.80. The minimum absolute atomic E-state index is 0.0188. The standard InChI is InChI=1S/C32H32N8O/c1-3-30(41)39-21-32(22-39)19-38(20-32)27-7-4-23(5-8-27)28-14-25(18-40-31(28)26(15-33)17-35-40)24-6-9-29(34-16-24)37-12-10-36(2)11-13-37/h3-9,14,16-18H,1,10-13,19-22H2,2H3. The normalized spacial score (nSPS) is 18.2. The summed E-state index contributed by atoms with van der Waals surface area (Å²) >= 11 is 0. The Bertz CT molecular complexity index is 1660. The Morgan fingerprint density at radius 3 is 2.34 bits per heavy atom. The van der Waals surface area contributed by atoms with Crippen LogP contribution in [0.4, 0.5) is 11.5 Å². The number of carbonyl (C=O) groups is 1. The lowest BCUT2D eigenvalue weighted by Gasteiger charge is -2.60.